The third-order valence-electron chi connectivity index (χ3n) is 8.84. The van der Waals surface area contributed by atoms with Crippen LogP contribution in [-0.4, -0.2) is 58.6 Å². The van der Waals surface area contributed by atoms with E-state index in [0.717, 1.165) is 53.6 Å². The van der Waals surface area contributed by atoms with E-state index in [2.05, 4.69) is 81.6 Å². The Kier molecular flexibility index (Phi) is 10.8. The van der Waals surface area contributed by atoms with Gasteiger partial charge in [-0.15, -0.1) is 5.54 Å². The first kappa shape index (κ1) is 34.6. The number of nitrogens with zero attached hydrogens (tertiary/aromatic N) is 4. The average Bonchev–Trinajstić information content (AvgIpc) is 3.51. The largest absolute Gasteiger partial charge is 0.472 e. The van der Waals surface area contributed by atoms with E-state index in [1.54, 1.807) is 4.68 Å². The second-order valence-corrected chi connectivity index (χ2v) is 19.9. The molecule has 0 aliphatic carbocycles. The molecule has 0 radical (unpaired) electrons. The van der Waals surface area contributed by atoms with Crippen molar-refractivity contribution in [1.29, 1.82) is 0 Å². The molecule has 0 saturated carbocycles. The van der Waals surface area contributed by atoms with Gasteiger partial charge >= 0.3 is 6.09 Å². The molecule has 1 amide bonds. The molecule has 0 bridgehead atoms. The van der Waals surface area contributed by atoms with Gasteiger partial charge in [0.05, 0.1) is 23.8 Å². The van der Waals surface area contributed by atoms with Gasteiger partial charge in [-0.1, -0.05) is 53.5 Å². The summed E-state index contributed by atoms with van der Waals surface area (Å²) in [7, 11) is -0.117. The first-order chi connectivity index (χ1) is 21.1. The Morgan fingerprint density at radius 1 is 1.11 bits per heavy atom. The summed E-state index contributed by atoms with van der Waals surface area (Å²) in [5, 5.41) is 13.4. The van der Waals surface area contributed by atoms with Gasteiger partial charge in [0.1, 0.15) is 25.5 Å². The lowest BCUT2D eigenvalue weighted by Gasteiger charge is -2.38. The van der Waals surface area contributed by atoms with Crippen LogP contribution in [0, 0.1) is 11.5 Å². The van der Waals surface area contributed by atoms with Crippen LogP contribution in [0.5, 0.6) is 5.88 Å². The summed E-state index contributed by atoms with van der Waals surface area (Å²) in [5.41, 5.74) is 8.52. The number of nitrogens with one attached hydrogen (secondary N) is 1. The van der Waals surface area contributed by atoms with Crippen molar-refractivity contribution in [2.75, 3.05) is 13.2 Å². The maximum atomic E-state index is 12.2. The number of ether oxygens (including phenoxy) is 3. The Morgan fingerprint density at radius 2 is 1.80 bits per heavy atom. The third-order valence-corrected chi connectivity index (χ3v) is 15.1. The highest BCUT2D eigenvalue weighted by atomic mass is 28.3. The van der Waals surface area contributed by atoms with Gasteiger partial charge < -0.3 is 19.5 Å². The number of aromatic nitrogens is 4. The number of benzene rings is 1. The molecule has 2 atom stereocenters. The lowest BCUT2D eigenvalue weighted by molar-refractivity contribution is -0.0367. The predicted molar refractivity (Wildman–Crippen MR) is 183 cm³/mol. The SMILES string of the molecule is CC(CNC(=O)OC(C)(C)C)Oc1c(-c2ccc3c(c2)c(C#C[Si](C(C)C)(C(C)C)C(C)C)nn3C2CCCCO2)cnn1C. The number of carbonyl (C=O) groups excluding carboxylic acids is 1. The first-order valence-electron chi connectivity index (χ1n) is 16.5. The fraction of sp³-hybridized carbons (Fsp3) is 0.629. The van der Waals surface area contributed by atoms with E-state index in [1.165, 1.54) is 0 Å². The maximum Gasteiger partial charge on any atom is 0.407 e. The van der Waals surface area contributed by atoms with E-state index in [-0.39, 0.29) is 12.3 Å². The molecule has 9 nitrogen and oxygen atoms in total. The molecular weight excluding hydrogens is 583 g/mol. The summed E-state index contributed by atoms with van der Waals surface area (Å²) in [4.78, 5) is 12.2. The van der Waals surface area contributed by atoms with E-state index in [4.69, 9.17) is 19.3 Å². The third kappa shape index (κ3) is 7.75. The van der Waals surface area contributed by atoms with Crippen LogP contribution in [0.15, 0.2) is 24.4 Å². The zero-order chi connectivity index (χ0) is 33.1. The van der Waals surface area contributed by atoms with E-state index >= 15 is 0 Å². The molecule has 2 unspecified atom stereocenters. The molecule has 1 aliphatic heterocycles. The number of hydrogen-bond acceptors (Lipinski definition) is 6. The second kappa shape index (κ2) is 14.0. The van der Waals surface area contributed by atoms with Gasteiger partial charge in [0, 0.05) is 19.0 Å². The number of carbonyl (C=O) groups is 1. The Balaban J connectivity index is 1.73. The predicted octanol–water partition coefficient (Wildman–Crippen LogP) is 8.00. The Bertz CT molecular complexity index is 1510. The first-order valence-corrected chi connectivity index (χ1v) is 18.7. The molecular formula is C35H53N5O4Si. The minimum absolute atomic E-state index is 0.0967. The molecule has 3 aromatic rings. The zero-order valence-electron chi connectivity index (χ0n) is 29.2. The van der Waals surface area contributed by atoms with Crippen LogP contribution < -0.4 is 10.1 Å². The van der Waals surface area contributed by atoms with Crippen molar-refractivity contribution in [3.8, 4) is 28.5 Å². The van der Waals surface area contributed by atoms with Gasteiger partial charge in [0.15, 0.2) is 6.23 Å². The second-order valence-electron chi connectivity index (χ2n) is 14.3. The van der Waals surface area contributed by atoms with E-state index < -0.39 is 19.8 Å². The summed E-state index contributed by atoms with van der Waals surface area (Å²) in [6, 6.07) is 6.36. The number of rotatable bonds is 9. The standard InChI is InChI=1S/C35H53N5O4Si/c1-23(2)45(24(3)4,25(5)6)19-17-30-28-20-27(15-16-31(28)40(38-30)32-14-12-13-18-42-32)29-22-37-39(11)33(29)43-26(7)21-36-34(41)44-35(8,9)10/h15-16,20,22-26,32H,12-14,18,21H2,1-11H3,(H,36,41). The van der Waals surface area contributed by atoms with Crippen molar-refractivity contribution < 1.29 is 19.0 Å². The highest BCUT2D eigenvalue weighted by Crippen LogP contribution is 2.41. The van der Waals surface area contributed by atoms with Gasteiger partial charge in [0.25, 0.3) is 0 Å². The number of alkyl carbamates (subject to hydrolysis) is 1. The minimum Gasteiger partial charge on any atom is -0.472 e. The van der Waals surface area contributed by atoms with Crippen molar-refractivity contribution in [2.24, 2.45) is 7.05 Å². The maximum absolute atomic E-state index is 12.2. The lowest BCUT2D eigenvalue weighted by atomic mass is 10.1. The smallest absolute Gasteiger partial charge is 0.407 e. The number of aryl methyl sites for hydroxylation is 1. The molecule has 45 heavy (non-hydrogen) atoms. The van der Waals surface area contributed by atoms with E-state index in [1.807, 2.05) is 45.6 Å². The molecule has 10 heteroatoms. The van der Waals surface area contributed by atoms with E-state index in [0.29, 0.717) is 29.0 Å². The lowest BCUT2D eigenvalue weighted by Crippen LogP contribution is -2.43. The van der Waals surface area contributed by atoms with Crippen LogP contribution in [0.3, 0.4) is 0 Å². The molecule has 0 spiro atoms. The molecule has 1 aliphatic rings. The summed E-state index contributed by atoms with van der Waals surface area (Å²) in [6.45, 7) is 22.5. The van der Waals surface area contributed by atoms with Gasteiger partial charge in [-0.2, -0.15) is 10.2 Å². The van der Waals surface area contributed by atoms with Crippen LogP contribution in [0.1, 0.15) is 100 Å². The Hall–Kier alpha value is -3.29. The van der Waals surface area contributed by atoms with Gasteiger partial charge in [-0.25, -0.2) is 14.2 Å². The zero-order valence-corrected chi connectivity index (χ0v) is 30.2. The summed E-state index contributed by atoms with van der Waals surface area (Å²) >= 11 is 0. The average molecular weight is 636 g/mol. The molecule has 1 aromatic carbocycles. The molecule has 1 N–H and O–H groups in total. The number of fused-ring (bicyclic) bond motifs is 1. The normalized spacial score (nSPS) is 16.6. The highest BCUT2D eigenvalue weighted by Gasteiger charge is 2.41. The Labute approximate surface area is 270 Å². The molecule has 246 valence electrons. The van der Waals surface area contributed by atoms with Gasteiger partial charge in [-0.3, -0.25) is 0 Å². The van der Waals surface area contributed by atoms with Crippen LogP contribution >= 0.6 is 0 Å². The van der Waals surface area contributed by atoms with Crippen LogP contribution in [0.25, 0.3) is 22.0 Å². The molecule has 1 saturated heterocycles. The molecule has 1 fully saturated rings. The highest BCUT2D eigenvalue weighted by molar-refractivity contribution is 6.90. The quantitative estimate of drug-likeness (QED) is 0.189. The summed E-state index contributed by atoms with van der Waals surface area (Å²) in [6.07, 6.45) is 4.06. The van der Waals surface area contributed by atoms with Crippen LogP contribution in [0.4, 0.5) is 4.79 Å². The minimum atomic E-state index is -1.97. The van der Waals surface area contributed by atoms with Crippen LogP contribution in [0.2, 0.25) is 16.6 Å². The number of hydrogen-bond donors (Lipinski definition) is 1. The summed E-state index contributed by atoms with van der Waals surface area (Å²) in [5.74, 6) is 4.25. The van der Waals surface area contributed by atoms with Crippen molar-refractivity contribution in [3.63, 3.8) is 0 Å². The molecule has 2 aromatic heterocycles. The van der Waals surface area contributed by atoms with Crippen molar-refractivity contribution >= 4 is 25.1 Å². The van der Waals surface area contributed by atoms with Crippen molar-refractivity contribution in [1.82, 2.24) is 24.9 Å². The van der Waals surface area contributed by atoms with Crippen LogP contribution in [-0.2, 0) is 16.5 Å². The molecule has 3 heterocycles. The fourth-order valence-corrected chi connectivity index (χ4v) is 11.9. The van der Waals surface area contributed by atoms with E-state index in [9.17, 15) is 4.79 Å². The monoisotopic (exact) mass is 635 g/mol. The fourth-order valence-electron chi connectivity index (χ4n) is 6.67. The topological polar surface area (TPSA) is 92.4 Å². The van der Waals surface area contributed by atoms with Crippen molar-refractivity contribution in [3.05, 3.63) is 30.1 Å². The van der Waals surface area contributed by atoms with Gasteiger partial charge in [0.2, 0.25) is 5.88 Å². The number of amides is 1. The summed E-state index contributed by atoms with van der Waals surface area (Å²) < 4.78 is 21.6. The Morgan fingerprint density at radius 3 is 2.40 bits per heavy atom. The van der Waals surface area contributed by atoms with Gasteiger partial charge in [-0.05, 0) is 81.3 Å². The molecule has 4 rings (SSSR count). The van der Waals surface area contributed by atoms with Crippen molar-refractivity contribution in [2.45, 2.75) is 123 Å².